The van der Waals surface area contributed by atoms with Gasteiger partial charge in [-0.15, -0.1) is 11.3 Å². The standard InChI is InChI=1S/C16H16BrNO2S/c1-18(9-13-8-12(17)10-21-13)16(19)15-14-5-3-2-4-11(14)6-7-20-15/h2-5,8,10,15H,6-7,9H2,1H3. The summed E-state index contributed by atoms with van der Waals surface area (Å²) in [5.41, 5.74) is 2.22. The summed E-state index contributed by atoms with van der Waals surface area (Å²) >= 11 is 5.09. The Bertz CT molecular complexity index is 655. The fourth-order valence-corrected chi connectivity index (χ4v) is 4.05. The first-order valence-corrected chi connectivity index (χ1v) is 8.49. The van der Waals surface area contributed by atoms with Gasteiger partial charge in [0.05, 0.1) is 13.2 Å². The molecule has 0 fully saturated rings. The number of fused-ring (bicyclic) bond motifs is 1. The summed E-state index contributed by atoms with van der Waals surface area (Å²) in [5.74, 6) is 0.0201. The van der Waals surface area contributed by atoms with Crippen LogP contribution < -0.4 is 0 Å². The van der Waals surface area contributed by atoms with Gasteiger partial charge < -0.3 is 9.64 Å². The zero-order valence-corrected chi connectivity index (χ0v) is 14.1. The van der Waals surface area contributed by atoms with Crippen molar-refractivity contribution in [3.8, 4) is 0 Å². The number of rotatable bonds is 3. The van der Waals surface area contributed by atoms with Crippen LogP contribution >= 0.6 is 27.3 Å². The van der Waals surface area contributed by atoms with E-state index in [1.807, 2.05) is 36.7 Å². The minimum atomic E-state index is -0.469. The van der Waals surface area contributed by atoms with E-state index in [0.29, 0.717) is 13.2 Å². The van der Waals surface area contributed by atoms with E-state index in [0.717, 1.165) is 21.3 Å². The van der Waals surface area contributed by atoms with E-state index in [9.17, 15) is 4.79 Å². The number of carbonyl (C=O) groups excluding carboxylic acids is 1. The maximum Gasteiger partial charge on any atom is 0.256 e. The Morgan fingerprint density at radius 2 is 2.29 bits per heavy atom. The molecule has 0 spiro atoms. The van der Waals surface area contributed by atoms with Crippen molar-refractivity contribution in [2.24, 2.45) is 0 Å². The van der Waals surface area contributed by atoms with Crippen LogP contribution in [0, 0.1) is 0 Å². The topological polar surface area (TPSA) is 29.5 Å². The molecular formula is C16H16BrNO2S. The number of benzene rings is 1. The predicted molar refractivity (Wildman–Crippen MR) is 87.3 cm³/mol. The molecule has 1 aromatic carbocycles. The monoisotopic (exact) mass is 365 g/mol. The van der Waals surface area contributed by atoms with Gasteiger partial charge in [0.1, 0.15) is 0 Å². The normalized spacial score (nSPS) is 17.3. The van der Waals surface area contributed by atoms with Crippen LogP contribution in [0.3, 0.4) is 0 Å². The second-order valence-electron chi connectivity index (χ2n) is 5.13. The zero-order chi connectivity index (χ0) is 14.8. The Morgan fingerprint density at radius 3 is 3.05 bits per heavy atom. The van der Waals surface area contributed by atoms with Crippen LogP contribution in [0.15, 0.2) is 40.2 Å². The number of thiophene rings is 1. The number of halogens is 1. The van der Waals surface area contributed by atoms with E-state index in [1.54, 1.807) is 16.2 Å². The number of likely N-dealkylation sites (N-methyl/N-ethyl adjacent to an activating group) is 1. The molecule has 0 radical (unpaired) electrons. The van der Waals surface area contributed by atoms with Crippen LogP contribution in [-0.4, -0.2) is 24.5 Å². The SMILES string of the molecule is CN(Cc1cc(Br)cs1)C(=O)C1OCCc2ccccc21. The molecule has 1 unspecified atom stereocenters. The summed E-state index contributed by atoms with van der Waals surface area (Å²) in [6, 6.07) is 10.1. The molecule has 3 nitrogen and oxygen atoms in total. The molecule has 0 saturated carbocycles. The Labute approximate surface area is 136 Å². The molecule has 1 aliphatic heterocycles. The molecule has 0 aliphatic carbocycles. The van der Waals surface area contributed by atoms with Gasteiger partial charge in [-0.1, -0.05) is 24.3 Å². The van der Waals surface area contributed by atoms with Crippen LogP contribution in [0.4, 0.5) is 0 Å². The fraction of sp³-hybridized carbons (Fsp3) is 0.312. The molecule has 5 heteroatoms. The van der Waals surface area contributed by atoms with Crippen LogP contribution in [-0.2, 0) is 22.5 Å². The molecule has 0 bridgehead atoms. The van der Waals surface area contributed by atoms with Gasteiger partial charge in [-0.2, -0.15) is 0 Å². The lowest BCUT2D eigenvalue weighted by molar-refractivity contribution is -0.144. The van der Waals surface area contributed by atoms with Gasteiger partial charge >= 0.3 is 0 Å². The van der Waals surface area contributed by atoms with Crippen LogP contribution in [0.5, 0.6) is 0 Å². The Kier molecular flexibility index (Phi) is 4.42. The average molecular weight is 366 g/mol. The molecule has 2 heterocycles. The van der Waals surface area contributed by atoms with Crippen LogP contribution in [0.1, 0.15) is 22.1 Å². The summed E-state index contributed by atoms with van der Waals surface area (Å²) in [4.78, 5) is 15.6. The molecule has 1 atom stereocenters. The summed E-state index contributed by atoms with van der Waals surface area (Å²) in [5, 5.41) is 2.03. The minimum Gasteiger partial charge on any atom is -0.363 e. The second kappa shape index (κ2) is 6.30. The summed E-state index contributed by atoms with van der Waals surface area (Å²) < 4.78 is 6.79. The number of ether oxygens (including phenoxy) is 1. The third-order valence-corrected chi connectivity index (χ3v) is 5.29. The van der Waals surface area contributed by atoms with Gasteiger partial charge in [-0.25, -0.2) is 0 Å². The Morgan fingerprint density at radius 1 is 1.48 bits per heavy atom. The van der Waals surface area contributed by atoms with E-state index in [2.05, 4.69) is 22.0 Å². The third kappa shape index (κ3) is 3.20. The smallest absolute Gasteiger partial charge is 0.256 e. The maximum absolute atomic E-state index is 12.7. The molecule has 1 aromatic heterocycles. The summed E-state index contributed by atoms with van der Waals surface area (Å²) in [6.45, 7) is 1.21. The van der Waals surface area contributed by atoms with E-state index >= 15 is 0 Å². The van der Waals surface area contributed by atoms with Gasteiger partial charge in [0.25, 0.3) is 5.91 Å². The highest BCUT2D eigenvalue weighted by atomic mass is 79.9. The van der Waals surface area contributed by atoms with E-state index in [1.165, 1.54) is 5.56 Å². The fourth-order valence-electron chi connectivity index (χ4n) is 2.55. The molecule has 110 valence electrons. The summed E-state index contributed by atoms with van der Waals surface area (Å²) in [6.07, 6.45) is 0.407. The Hall–Kier alpha value is -1.17. The van der Waals surface area contributed by atoms with Crippen molar-refractivity contribution in [2.45, 2.75) is 19.1 Å². The van der Waals surface area contributed by atoms with Crippen LogP contribution in [0.2, 0.25) is 0 Å². The largest absolute Gasteiger partial charge is 0.363 e. The van der Waals surface area contributed by atoms with Crippen molar-refractivity contribution in [3.05, 3.63) is 56.2 Å². The quantitative estimate of drug-likeness (QED) is 0.828. The highest BCUT2D eigenvalue weighted by Gasteiger charge is 2.29. The summed E-state index contributed by atoms with van der Waals surface area (Å²) in [7, 11) is 1.83. The van der Waals surface area contributed by atoms with Crippen molar-refractivity contribution >= 4 is 33.2 Å². The van der Waals surface area contributed by atoms with Crippen molar-refractivity contribution in [1.82, 2.24) is 4.90 Å². The minimum absolute atomic E-state index is 0.0201. The third-order valence-electron chi connectivity index (χ3n) is 3.61. The first-order chi connectivity index (χ1) is 10.1. The maximum atomic E-state index is 12.7. The zero-order valence-electron chi connectivity index (χ0n) is 11.7. The highest BCUT2D eigenvalue weighted by molar-refractivity contribution is 9.10. The van der Waals surface area contributed by atoms with Gasteiger partial charge in [-0.3, -0.25) is 4.79 Å². The van der Waals surface area contributed by atoms with E-state index < -0.39 is 6.10 Å². The van der Waals surface area contributed by atoms with E-state index in [-0.39, 0.29) is 5.91 Å². The molecule has 1 amide bonds. The molecule has 0 saturated heterocycles. The molecule has 21 heavy (non-hydrogen) atoms. The molecule has 3 rings (SSSR count). The van der Waals surface area contributed by atoms with Crippen molar-refractivity contribution in [1.29, 1.82) is 0 Å². The molecule has 0 N–H and O–H groups in total. The predicted octanol–water partition coefficient (Wildman–Crippen LogP) is 3.78. The van der Waals surface area contributed by atoms with E-state index in [4.69, 9.17) is 4.74 Å². The lowest BCUT2D eigenvalue weighted by Gasteiger charge is -2.28. The highest BCUT2D eigenvalue weighted by Crippen LogP contribution is 2.29. The average Bonchev–Trinajstić information content (AvgIpc) is 2.91. The number of nitrogens with zero attached hydrogens (tertiary/aromatic N) is 1. The van der Waals surface area contributed by atoms with Crippen molar-refractivity contribution in [2.75, 3.05) is 13.7 Å². The van der Waals surface area contributed by atoms with Gasteiger partial charge in [0.15, 0.2) is 6.10 Å². The Balaban J connectivity index is 1.76. The second-order valence-corrected chi connectivity index (χ2v) is 7.04. The first-order valence-electron chi connectivity index (χ1n) is 6.82. The van der Waals surface area contributed by atoms with Crippen molar-refractivity contribution < 1.29 is 9.53 Å². The molecular weight excluding hydrogens is 350 g/mol. The molecule has 1 aliphatic rings. The number of hydrogen-bond donors (Lipinski definition) is 0. The number of carbonyl (C=O) groups is 1. The lowest BCUT2D eigenvalue weighted by atomic mass is 9.97. The van der Waals surface area contributed by atoms with Gasteiger partial charge in [-0.05, 0) is 39.5 Å². The number of amides is 1. The molecule has 2 aromatic rings. The van der Waals surface area contributed by atoms with Crippen LogP contribution in [0.25, 0.3) is 0 Å². The number of hydrogen-bond acceptors (Lipinski definition) is 3. The first kappa shape index (κ1) is 14.8. The van der Waals surface area contributed by atoms with Crippen molar-refractivity contribution in [3.63, 3.8) is 0 Å². The van der Waals surface area contributed by atoms with Gasteiger partial charge in [0, 0.05) is 21.8 Å². The lowest BCUT2D eigenvalue weighted by Crippen LogP contribution is -2.34. The van der Waals surface area contributed by atoms with Gasteiger partial charge in [0.2, 0.25) is 0 Å².